The van der Waals surface area contributed by atoms with Gasteiger partial charge in [0.05, 0.1) is 0 Å². The Morgan fingerprint density at radius 2 is 2.00 bits per heavy atom. The van der Waals surface area contributed by atoms with Crippen LogP contribution in [0.5, 0.6) is 0 Å². The molecule has 7 heteroatoms. The Morgan fingerprint density at radius 1 is 1.33 bits per heavy atom. The Labute approximate surface area is 118 Å². The first kappa shape index (κ1) is 15.1. The van der Waals surface area contributed by atoms with E-state index in [0.29, 0.717) is 12.5 Å². The van der Waals surface area contributed by atoms with Gasteiger partial charge in [-0.05, 0) is 36.8 Å². The summed E-state index contributed by atoms with van der Waals surface area (Å²) in [5.41, 5.74) is 5.19. The number of halogens is 3. The van der Waals surface area contributed by atoms with E-state index in [2.05, 4.69) is 0 Å². The van der Waals surface area contributed by atoms with Gasteiger partial charge in [0.25, 0.3) is 0 Å². The van der Waals surface area contributed by atoms with Crippen LogP contribution in [0.15, 0.2) is 23.4 Å². The molecule has 0 aliphatic heterocycles. The van der Waals surface area contributed by atoms with Crippen molar-refractivity contribution in [3.8, 4) is 0 Å². The van der Waals surface area contributed by atoms with Gasteiger partial charge in [-0.2, -0.15) is 0 Å². The summed E-state index contributed by atoms with van der Waals surface area (Å²) in [7, 11) is 0. The number of rotatable bonds is 3. The molecule has 1 unspecified atom stereocenters. The van der Waals surface area contributed by atoms with Gasteiger partial charge in [0, 0.05) is 17.3 Å². The molecule has 0 saturated heterocycles. The lowest BCUT2D eigenvalue weighted by atomic mass is 9.80. The molecule has 0 amide bonds. The molecule has 112 valence electrons. The summed E-state index contributed by atoms with van der Waals surface area (Å²) in [6.45, 7) is 0. The van der Waals surface area contributed by atoms with Crippen LogP contribution in [0.1, 0.15) is 30.7 Å². The molecule has 1 aliphatic carbocycles. The lowest BCUT2D eigenvalue weighted by Crippen LogP contribution is -2.24. The maximum atomic E-state index is 13.8. The highest BCUT2D eigenvalue weighted by Gasteiger charge is 2.29. The number of nitrogens with two attached hydrogens (primary N) is 1. The van der Waals surface area contributed by atoms with E-state index in [4.69, 9.17) is 16.2 Å². The van der Waals surface area contributed by atoms with Crippen LogP contribution in [-0.4, -0.2) is 16.8 Å². The Morgan fingerprint density at radius 3 is 2.62 bits per heavy atom. The maximum Gasteiger partial charge on any atom is 0.354 e. The van der Waals surface area contributed by atoms with Crippen LogP contribution in [0.25, 0.3) is 0 Å². The van der Waals surface area contributed by atoms with E-state index in [-0.39, 0.29) is 29.7 Å². The van der Waals surface area contributed by atoms with Gasteiger partial charge >= 0.3 is 5.97 Å². The van der Waals surface area contributed by atoms with Crippen molar-refractivity contribution in [3.05, 3.63) is 46.4 Å². The topological polar surface area (TPSA) is 87.2 Å². The molecule has 4 nitrogen and oxygen atoms in total. The number of carboxylic acid groups (broad SMARTS) is 1. The van der Waals surface area contributed by atoms with E-state index in [0.717, 1.165) is 6.07 Å². The Balaban J connectivity index is 2.37. The van der Waals surface area contributed by atoms with Crippen molar-refractivity contribution in [3.63, 3.8) is 0 Å². The van der Waals surface area contributed by atoms with Crippen LogP contribution in [0.4, 0.5) is 13.2 Å². The second-order valence-corrected chi connectivity index (χ2v) is 4.91. The van der Waals surface area contributed by atoms with Gasteiger partial charge < -0.3 is 10.8 Å². The standard InChI is InChI=1S/C14H13F3N2O2/c15-7-4-8(12(17)10(16)5-7)6-1-2-11(18)9(3-6)13(19)14(20)21/h4-6,19H,1-3,18H2,(H,20,21). The molecule has 0 spiro atoms. The molecule has 0 heterocycles. The highest BCUT2D eigenvalue weighted by Crippen LogP contribution is 2.37. The monoisotopic (exact) mass is 298 g/mol. The number of aliphatic carboxylic acids is 1. The second kappa shape index (κ2) is 5.59. The number of carboxylic acids is 1. The quantitative estimate of drug-likeness (QED) is 0.592. The molecule has 1 atom stereocenters. The minimum atomic E-state index is -1.44. The normalized spacial score (nSPS) is 18.7. The summed E-state index contributed by atoms with van der Waals surface area (Å²) in [6.07, 6.45) is 0.548. The smallest absolute Gasteiger partial charge is 0.354 e. The van der Waals surface area contributed by atoms with Crippen LogP contribution in [0.3, 0.4) is 0 Å². The van der Waals surface area contributed by atoms with Gasteiger partial charge in [0.15, 0.2) is 11.6 Å². The van der Waals surface area contributed by atoms with E-state index >= 15 is 0 Å². The predicted octanol–water partition coefficient (Wildman–Crippen LogP) is 2.69. The third-order valence-corrected chi connectivity index (χ3v) is 3.58. The Bertz CT molecular complexity index is 656. The summed E-state index contributed by atoms with van der Waals surface area (Å²) in [6, 6.07) is 1.35. The first-order chi connectivity index (χ1) is 9.81. The van der Waals surface area contributed by atoms with Crippen molar-refractivity contribution in [1.82, 2.24) is 0 Å². The summed E-state index contributed by atoms with van der Waals surface area (Å²) in [5, 5.41) is 16.3. The van der Waals surface area contributed by atoms with Crippen molar-refractivity contribution < 1.29 is 23.1 Å². The Kier molecular flexibility index (Phi) is 4.02. The molecule has 0 fully saturated rings. The number of hydrogen-bond donors (Lipinski definition) is 3. The largest absolute Gasteiger partial charge is 0.477 e. The van der Waals surface area contributed by atoms with Gasteiger partial charge in [-0.15, -0.1) is 0 Å². The summed E-state index contributed by atoms with van der Waals surface area (Å²) in [4.78, 5) is 10.9. The molecular weight excluding hydrogens is 285 g/mol. The van der Waals surface area contributed by atoms with E-state index in [9.17, 15) is 18.0 Å². The van der Waals surface area contributed by atoms with Gasteiger partial charge in [-0.1, -0.05) is 0 Å². The molecule has 1 aromatic rings. The highest BCUT2D eigenvalue weighted by molar-refractivity contribution is 6.41. The average Bonchev–Trinajstić information content (AvgIpc) is 2.42. The first-order valence-electron chi connectivity index (χ1n) is 6.25. The van der Waals surface area contributed by atoms with Gasteiger partial charge in [-0.3, -0.25) is 5.41 Å². The van der Waals surface area contributed by atoms with Crippen molar-refractivity contribution in [2.24, 2.45) is 5.73 Å². The molecule has 0 saturated carbocycles. The number of allylic oxidation sites excluding steroid dienone is 1. The van der Waals surface area contributed by atoms with Crippen LogP contribution < -0.4 is 5.73 Å². The van der Waals surface area contributed by atoms with Gasteiger partial charge in [0.1, 0.15) is 11.5 Å². The van der Waals surface area contributed by atoms with E-state index < -0.39 is 35.1 Å². The lowest BCUT2D eigenvalue weighted by molar-refractivity contribution is -0.129. The molecule has 0 bridgehead atoms. The maximum absolute atomic E-state index is 13.8. The Hall–Kier alpha value is -2.31. The van der Waals surface area contributed by atoms with Crippen LogP contribution in [-0.2, 0) is 4.79 Å². The van der Waals surface area contributed by atoms with Crippen molar-refractivity contribution in [2.75, 3.05) is 0 Å². The van der Waals surface area contributed by atoms with E-state index in [1.807, 2.05) is 0 Å². The highest BCUT2D eigenvalue weighted by atomic mass is 19.2. The summed E-state index contributed by atoms with van der Waals surface area (Å²) < 4.78 is 40.3. The van der Waals surface area contributed by atoms with E-state index in [1.165, 1.54) is 0 Å². The number of carbonyl (C=O) groups is 1. The van der Waals surface area contributed by atoms with Gasteiger partial charge in [-0.25, -0.2) is 18.0 Å². The number of hydrogen-bond acceptors (Lipinski definition) is 3. The zero-order valence-corrected chi connectivity index (χ0v) is 10.9. The van der Waals surface area contributed by atoms with Crippen molar-refractivity contribution >= 4 is 11.7 Å². The second-order valence-electron chi connectivity index (χ2n) is 4.91. The van der Waals surface area contributed by atoms with Crippen LogP contribution in [0, 0.1) is 22.9 Å². The molecule has 4 N–H and O–H groups in total. The molecule has 1 aliphatic rings. The van der Waals surface area contributed by atoms with Crippen molar-refractivity contribution in [1.29, 1.82) is 5.41 Å². The fourth-order valence-corrected chi connectivity index (χ4v) is 2.49. The van der Waals surface area contributed by atoms with Crippen molar-refractivity contribution in [2.45, 2.75) is 25.2 Å². The number of nitrogens with one attached hydrogen (secondary N) is 1. The molecule has 21 heavy (non-hydrogen) atoms. The van der Waals surface area contributed by atoms with E-state index in [1.54, 1.807) is 0 Å². The third-order valence-electron chi connectivity index (χ3n) is 3.58. The average molecular weight is 298 g/mol. The minimum absolute atomic E-state index is 0.0310. The third kappa shape index (κ3) is 2.91. The molecule has 0 radical (unpaired) electrons. The van der Waals surface area contributed by atoms with Crippen LogP contribution in [0.2, 0.25) is 0 Å². The zero-order chi connectivity index (χ0) is 15.7. The molecule has 2 rings (SSSR count). The fraction of sp³-hybridized carbons (Fsp3) is 0.286. The zero-order valence-electron chi connectivity index (χ0n) is 10.9. The molecular formula is C14H13F3N2O2. The first-order valence-corrected chi connectivity index (χ1v) is 6.25. The summed E-state index contributed by atoms with van der Waals surface area (Å²) >= 11 is 0. The van der Waals surface area contributed by atoms with Gasteiger partial charge in [0.2, 0.25) is 0 Å². The SMILES string of the molecule is N=C(C(=O)O)C1=C(N)CCC(c2cc(F)cc(F)c2F)C1. The molecule has 1 aromatic carbocycles. The minimum Gasteiger partial charge on any atom is -0.477 e. The number of benzene rings is 1. The summed E-state index contributed by atoms with van der Waals surface area (Å²) in [5.74, 6) is -5.40. The molecule has 0 aromatic heterocycles. The fourth-order valence-electron chi connectivity index (χ4n) is 2.49. The van der Waals surface area contributed by atoms with Crippen LogP contribution >= 0.6 is 0 Å². The predicted molar refractivity (Wildman–Crippen MR) is 69.5 cm³/mol. The lowest BCUT2D eigenvalue weighted by Gasteiger charge is -2.26.